The van der Waals surface area contributed by atoms with Crippen LogP contribution in [0.2, 0.25) is 0 Å². The number of ether oxygens (including phenoxy) is 2. The number of methoxy groups -OCH3 is 1. The summed E-state index contributed by atoms with van der Waals surface area (Å²) in [5.41, 5.74) is 2.37. The zero-order chi connectivity index (χ0) is 30.4. The van der Waals surface area contributed by atoms with Crippen LogP contribution in [0.15, 0.2) is 58.4 Å². The number of aryl methyl sites for hydroxylation is 2. The van der Waals surface area contributed by atoms with E-state index in [2.05, 4.69) is 10.3 Å². The van der Waals surface area contributed by atoms with Gasteiger partial charge in [-0.15, -0.1) is 0 Å². The van der Waals surface area contributed by atoms with E-state index in [0.29, 0.717) is 42.3 Å². The maximum atomic E-state index is 12.9. The zero-order valence-corrected chi connectivity index (χ0v) is 25.7. The van der Waals surface area contributed by atoms with Gasteiger partial charge in [-0.2, -0.15) is 0 Å². The Hall–Kier alpha value is -3.70. The standard InChI is InChI=1S/C30H40N4O6S/c1-21-17-25(39-7)18-22(2)27(21)41(37,38)20-31-14-8-9-26(35)33(6)19-23-10-12-24(13-11-23)28-32-15-16-34(28)29(36)40-30(3,4)5/h8-13,17-18,31H,14-16,19-20H2,1-7H3/b9-8+. The predicted octanol–water partition coefficient (Wildman–Crippen LogP) is 3.84. The molecule has 0 saturated carbocycles. The minimum atomic E-state index is -3.56. The lowest BCUT2D eigenvalue weighted by Crippen LogP contribution is -2.39. The molecule has 2 aromatic carbocycles. The molecule has 0 aliphatic carbocycles. The van der Waals surface area contributed by atoms with Crippen molar-refractivity contribution in [2.24, 2.45) is 4.99 Å². The number of sulfone groups is 1. The summed E-state index contributed by atoms with van der Waals surface area (Å²) < 4.78 is 36.4. The summed E-state index contributed by atoms with van der Waals surface area (Å²) in [5, 5.41) is 2.88. The highest BCUT2D eigenvalue weighted by Gasteiger charge is 2.29. The van der Waals surface area contributed by atoms with Gasteiger partial charge in [0.2, 0.25) is 5.91 Å². The van der Waals surface area contributed by atoms with Crippen molar-refractivity contribution in [1.82, 2.24) is 15.1 Å². The zero-order valence-electron chi connectivity index (χ0n) is 24.9. The van der Waals surface area contributed by atoms with Gasteiger partial charge in [0.15, 0.2) is 9.84 Å². The molecule has 0 aromatic heterocycles. The number of amides is 2. The molecule has 1 N–H and O–H groups in total. The number of nitrogens with zero attached hydrogens (tertiary/aromatic N) is 3. The van der Waals surface area contributed by atoms with Gasteiger partial charge in [-0.25, -0.2) is 13.2 Å². The van der Waals surface area contributed by atoms with E-state index in [9.17, 15) is 18.0 Å². The molecule has 0 atom stereocenters. The van der Waals surface area contributed by atoms with Crippen molar-refractivity contribution in [3.05, 3.63) is 70.8 Å². The molecule has 0 bridgehead atoms. The average molecular weight is 585 g/mol. The van der Waals surface area contributed by atoms with Crippen LogP contribution in [-0.4, -0.2) is 81.3 Å². The largest absolute Gasteiger partial charge is 0.497 e. The van der Waals surface area contributed by atoms with Crippen molar-refractivity contribution in [2.75, 3.05) is 39.7 Å². The number of rotatable bonds is 10. The van der Waals surface area contributed by atoms with Crippen LogP contribution in [0.1, 0.15) is 43.0 Å². The van der Waals surface area contributed by atoms with Crippen LogP contribution in [0.4, 0.5) is 4.79 Å². The Morgan fingerprint density at radius 2 is 1.76 bits per heavy atom. The molecule has 41 heavy (non-hydrogen) atoms. The maximum Gasteiger partial charge on any atom is 0.416 e. The van der Waals surface area contributed by atoms with Crippen molar-refractivity contribution < 1.29 is 27.5 Å². The molecule has 3 rings (SSSR count). The fourth-order valence-corrected chi connectivity index (χ4v) is 6.08. The Labute approximate surface area is 243 Å². The third-order valence-electron chi connectivity index (χ3n) is 6.26. The second-order valence-electron chi connectivity index (χ2n) is 10.9. The first-order valence-electron chi connectivity index (χ1n) is 13.4. The fraction of sp³-hybridized carbons (Fsp3) is 0.433. The van der Waals surface area contributed by atoms with Crippen molar-refractivity contribution in [1.29, 1.82) is 0 Å². The van der Waals surface area contributed by atoms with Crippen LogP contribution >= 0.6 is 0 Å². The lowest BCUT2D eigenvalue weighted by atomic mass is 10.1. The van der Waals surface area contributed by atoms with Gasteiger partial charge in [0.1, 0.15) is 23.1 Å². The molecule has 11 heteroatoms. The van der Waals surface area contributed by atoms with Crippen LogP contribution < -0.4 is 10.1 Å². The summed E-state index contributed by atoms with van der Waals surface area (Å²) in [7, 11) is -0.329. The lowest BCUT2D eigenvalue weighted by molar-refractivity contribution is -0.125. The van der Waals surface area contributed by atoms with Crippen LogP contribution in [0.3, 0.4) is 0 Å². The molecule has 1 aliphatic heterocycles. The summed E-state index contributed by atoms with van der Waals surface area (Å²) >= 11 is 0. The van der Waals surface area contributed by atoms with Gasteiger partial charge in [0.05, 0.1) is 25.1 Å². The van der Waals surface area contributed by atoms with E-state index in [4.69, 9.17) is 9.47 Å². The quantitative estimate of drug-likeness (QED) is 0.333. The van der Waals surface area contributed by atoms with E-state index in [1.54, 1.807) is 56.0 Å². The summed E-state index contributed by atoms with van der Waals surface area (Å²) in [6.45, 7) is 10.5. The molecular formula is C30H40N4O6S. The first-order chi connectivity index (χ1) is 19.2. The highest BCUT2D eigenvalue weighted by molar-refractivity contribution is 7.91. The number of benzene rings is 2. The van der Waals surface area contributed by atoms with Crippen molar-refractivity contribution in [3.8, 4) is 5.75 Å². The summed E-state index contributed by atoms with van der Waals surface area (Å²) in [5.74, 6) is 0.724. The second kappa shape index (κ2) is 13.3. The molecule has 0 spiro atoms. The SMILES string of the molecule is COc1cc(C)c(S(=O)(=O)CNC/C=C/C(=O)N(C)Cc2ccc(C3=NCCN3C(=O)OC(C)(C)C)cc2)c(C)c1. The third-order valence-corrected chi connectivity index (χ3v) is 8.11. The van der Waals surface area contributed by atoms with Gasteiger partial charge in [0, 0.05) is 31.8 Å². The molecule has 10 nitrogen and oxygen atoms in total. The average Bonchev–Trinajstić information content (AvgIpc) is 3.37. The van der Waals surface area contributed by atoms with Crippen molar-refractivity contribution in [2.45, 2.75) is 51.7 Å². The number of carbonyl (C=O) groups is 2. The van der Waals surface area contributed by atoms with Crippen LogP contribution in [-0.2, 0) is 25.9 Å². The van der Waals surface area contributed by atoms with Gasteiger partial charge in [-0.1, -0.05) is 30.3 Å². The molecular weight excluding hydrogens is 544 g/mol. The number of likely N-dealkylation sites (N-methyl/N-ethyl adjacent to an activating group) is 1. The van der Waals surface area contributed by atoms with Gasteiger partial charge < -0.3 is 14.4 Å². The van der Waals surface area contributed by atoms with E-state index >= 15 is 0 Å². The topological polar surface area (TPSA) is 118 Å². The monoisotopic (exact) mass is 584 g/mol. The van der Waals surface area contributed by atoms with Gasteiger partial charge in [0.25, 0.3) is 0 Å². The number of hydrogen-bond acceptors (Lipinski definition) is 8. The highest BCUT2D eigenvalue weighted by Crippen LogP contribution is 2.26. The van der Waals surface area contributed by atoms with Gasteiger partial charge in [-0.3, -0.25) is 20.0 Å². The Morgan fingerprint density at radius 3 is 2.34 bits per heavy atom. The lowest BCUT2D eigenvalue weighted by Gasteiger charge is -2.25. The van der Waals surface area contributed by atoms with E-state index in [-0.39, 0.29) is 23.2 Å². The van der Waals surface area contributed by atoms with E-state index < -0.39 is 21.5 Å². The molecule has 0 unspecified atom stereocenters. The Bertz CT molecular complexity index is 1400. The number of hydrogen-bond donors (Lipinski definition) is 1. The molecule has 2 amide bonds. The van der Waals surface area contributed by atoms with E-state index in [1.165, 1.54) is 6.08 Å². The highest BCUT2D eigenvalue weighted by atomic mass is 32.2. The Kier molecular flexibility index (Phi) is 10.3. The summed E-state index contributed by atoms with van der Waals surface area (Å²) in [6, 6.07) is 10.9. The van der Waals surface area contributed by atoms with Crippen LogP contribution in [0.25, 0.3) is 0 Å². The first-order valence-corrected chi connectivity index (χ1v) is 15.0. The predicted molar refractivity (Wildman–Crippen MR) is 159 cm³/mol. The molecule has 1 heterocycles. The Morgan fingerprint density at radius 1 is 1.12 bits per heavy atom. The number of nitrogens with one attached hydrogen (secondary N) is 1. The number of carbonyl (C=O) groups excluding carboxylic acids is 2. The second-order valence-corrected chi connectivity index (χ2v) is 12.9. The van der Waals surface area contributed by atoms with Crippen molar-refractivity contribution >= 4 is 27.7 Å². The molecule has 0 fully saturated rings. The van der Waals surface area contributed by atoms with Crippen molar-refractivity contribution in [3.63, 3.8) is 0 Å². The molecule has 222 valence electrons. The molecule has 2 aromatic rings. The number of aliphatic imine (C=N–C) groups is 1. The third kappa shape index (κ3) is 8.64. The molecule has 0 radical (unpaired) electrons. The fourth-order valence-electron chi connectivity index (χ4n) is 4.45. The molecule has 1 aliphatic rings. The summed E-state index contributed by atoms with van der Waals surface area (Å²) in [6.07, 6.45) is 2.60. The smallest absolute Gasteiger partial charge is 0.416 e. The first kappa shape index (κ1) is 31.8. The minimum Gasteiger partial charge on any atom is -0.497 e. The minimum absolute atomic E-state index is 0.211. The van der Waals surface area contributed by atoms with E-state index in [0.717, 1.165) is 11.1 Å². The maximum absolute atomic E-state index is 12.9. The van der Waals surface area contributed by atoms with E-state index in [1.807, 2.05) is 45.0 Å². The molecule has 0 saturated heterocycles. The van der Waals surface area contributed by atoms with Crippen LogP contribution in [0, 0.1) is 13.8 Å². The summed E-state index contributed by atoms with van der Waals surface area (Å²) in [4.78, 5) is 33.0. The van der Waals surface area contributed by atoms with Gasteiger partial charge >= 0.3 is 6.09 Å². The Balaban J connectivity index is 1.51. The van der Waals surface area contributed by atoms with Crippen LogP contribution in [0.5, 0.6) is 5.75 Å². The normalized spacial score (nSPS) is 13.8. The van der Waals surface area contributed by atoms with Gasteiger partial charge in [-0.05, 0) is 63.4 Å². The number of amidine groups is 1.